The molecule has 1 aliphatic heterocycles. The van der Waals surface area contributed by atoms with Crippen LogP contribution in [0.5, 0.6) is 0 Å². The highest BCUT2D eigenvalue weighted by Gasteiger charge is 2.33. The highest BCUT2D eigenvalue weighted by atomic mass is 35.5. The monoisotopic (exact) mass is 275 g/mol. The van der Waals surface area contributed by atoms with E-state index in [0.29, 0.717) is 23.4 Å². The van der Waals surface area contributed by atoms with E-state index >= 15 is 0 Å². The van der Waals surface area contributed by atoms with Gasteiger partial charge in [0.1, 0.15) is 11.2 Å². The highest BCUT2D eigenvalue weighted by Crippen LogP contribution is 2.26. The number of piperazine rings is 1. The SMILES string of the molecule is O=C(O)CC1C(=O)NCCN1c1nc(Cl)cs1. The molecule has 0 bridgehead atoms. The molecule has 6 nitrogen and oxygen atoms in total. The summed E-state index contributed by atoms with van der Waals surface area (Å²) in [5.41, 5.74) is 0. The summed E-state index contributed by atoms with van der Waals surface area (Å²) in [7, 11) is 0. The van der Waals surface area contributed by atoms with Crippen molar-refractivity contribution in [3.05, 3.63) is 10.5 Å². The van der Waals surface area contributed by atoms with Crippen LogP contribution in [-0.4, -0.2) is 41.1 Å². The van der Waals surface area contributed by atoms with Crippen molar-refractivity contribution >= 4 is 39.9 Å². The van der Waals surface area contributed by atoms with Gasteiger partial charge in [0.2, 0.25) is 5.91 Å². The molecule has 1 unspecified atom stereocenters. The third-order valence-electron chi connectivity index (χ3n) is 2.41. The molecule has 1 aliphatic rings. The van der Waals surface area contributed by atoms with Crippen LogP contribution in [0.15, 0.2) is 5.38 Å². The molecule has 1 amide bonds. The molecule has 92 valence electrons. The fraction of sp³-hybridized carbons (Fsp3) is 0.444. The van der Waals surface area contributed by atoms with Crippen LogP contribution >= 0.6 is 22.9 Å². The lowest BCUT2D eigenvalue weighted by atomic mass is 10.1. The van der Waals surface area contributed by atoms with E-state index in [0.717, 1.165) is 0 Å². The first-order chi connectivity index (χ1) is 8.08. The maximum absolute atomic E-state index is 11.6. The Labute approximate surface area is 106 Å². The van der Waals surface area contributed by atoms with E-state index in [4.69, 9.17) is 16.7 Å². The summed E-state index contributed by atoms with van der Waals surface area (Å²) in [6.45, 7) is 1.01. The van der Waals surface area contributed by atoms with Gasteiger partial charge in [0.15, 0.2) is 5.13 Å². The number of carboxylic acids is 1. The number of halogens is 1. The summed E-state index contributed by atoms with van der Waals surface area (Å²) < 4.78 is 0. The number of anilines is 1. The molecule has 17 heavy (non-hydrogen) atoms. The van der Waals surface area contributed by atoms with Crippen molar-refractivity contribution < 1.29 is 14.7 Å². The zero-order chi connectivity index (χ0) is 12.4. The van der Waals surface area contributed by atoms with Crippen LogP contribution in [0.25, 0.3) is 0 Å². The summed E-state index contributed by atoms with van der Waals surface area (Å²) in [5.74, 6) is -1.30. The number of nitrogens with zero attached hydrogens (tertiary/aromatic N) is 2. The van der Waals surface area contributed by atoms with Crippen molar-refractivity contribution in [3.8, 4) is 0 Å². The Morgan fingerprint density at radius 1 is 1.76 bits per heavy atom. The minimum atomic E-state index is -1.01. The van der Waals surface area contributed by atoms with Crippen LogP contribution in [0.1, 0.15) is 6.42 Å². The molecular weight excluding hydrogens is 266 g/mol. The summed E-state index contributed by atoms with van der Waals surface area (Å²) in [5, 5.41) is 14.0. The number of aromatic nitrogens is 1. The number of aliphatic carboxylic acids is 1. The van der Waals surface area contributed by atoms with Gasteiger partial charge in [-0.1, -0.05) is 11.6 Å². The van der Waals surface area contributed by atoms with Gasteiger partial charge in [0.05, 0.1) is 6.42 Å². The minimum Gasteiger partial charge on any atom is -0.481 e. The standard InChI is InChI=1S/C9H10ClN3O3S/c10-6-4-17-9(12-6)13-2-1-11-8(16)5(13)3-7(14)15/h4-5H,1-3H2,(H,11,16)(H,14,15). The molecule has 0 saturated carbocycles. The van der Waals surface area contributed by atoms with E-state index in [-0.39, 0.29) is 12.3 Å². The maximum Gasteiger partial charge on any atom is 0.305 e. The van der Waals surface area contributed by atoms with Crippen LogP contribution in [-0.2, 0) is 9.59 Å². The quantitative estimate of drug-likeness (QED) is 0.843. The molecule has 2 heterocycles. The van der Waals surface area contributed by atoms with Crippen molar-refractivity contribution in [2.75, 3.05) is 18.0 Å². The number of thiazole rings is 1. The molecule has 0 radical (unpaired) electrons. The van der Waals surface area contributed by atoms with Crippen LogP contribution in [0.4, 0.5) is 5.13 Å². The van der Waals surface area contributed by atoms with Gasteiger partial charge >= 0.3 is 5.97 Å². The molecule has 1 atom stereocenters. The summed E-state index contributed by atoms with van der Waals surface area (Å²) in [6, 6.07) is -0.719. The fourth-order valence-electron chi connectivity index (χ4n) is 1.69. The Morgan fingerprint density at radius 2 is 2.53 bits per heavy atom. The Kier molecular flexibility index (Phi) is 3.49. The molecule has 2 N–H and O–H groups in total. The van der Waals surface area contributed by atoms with E-state index in [1.54, 1.807) is 10.3 Å². The van der Waals surface area contributed by atoms with E-state index in [2.05, 4.69) is 10.3 Å². The number of rotatable bonds is 3. The van der Waals surface area contributed by atoms with E-state index < -0.39 is 12.0 Å². The maximum atomic E-state index is 11.6. The summed E-state index contributed by atoms with van der Waals surface area (Å²) in [6.07, 6.45) is -0.247. The first kappa shape index (κ1) is 12.1. The number of carbonyl (C=O) groups excluding carboxylic acids is 1. The second-order valence-electron chi connectivity index (χ2n) is 3.55. The molecule has 1 saturated heterocycles. The molecule has 0 aromatic carbocycles. The average Bonchev–Trinajstić information content (AvgIpc) is 2.67. The smallest absolute Gasteiger partial charge is 0.305 e. The summed E-state index contributed by atoms with van der Waals surface area (Å²) >= 11 is 7.02. The largest absolute Gasteiger partial charge is 0.481 e. The predicted octanol–water partition coefficient (Wildman–Crippen LogP) is 0.576. The number of carboxylic acid groups (broad SMARTS) is 1. The van der Waals surface area contributed by atoms with Crippen LogP contribution in [0.2, 0.25) is 5.15 Å². The van der Waals surface area contributed by atoms with Gasteiger partial charge in [0.25, 0.3) is 0 Å². The van der Waals surface area contributed by atoms with E-state index in [1.165, 1.54) is 11.3 Å². The van der Waals surface area contributed by atoms with Crippen LogP contribution < -0.4 is 10.2 Å². The lowest BCUT2D eigenvalue weighted by Gasteiger charge is -2.33. The van der Waals surface area contributed by atoms with Gasteiger partial charge in [-0.05, 0) is 0 Å². The van der Waals surface area contributed by atoms with E-state index in [9.17, 15) is 9.59 Å². The van der Waals surface area contributed by atoms with Gasteiger partial charge in [-0.2, -0.15) is 0 Å². The Morgan fingerprint density at radius 3 is 3.12 bits per heavy atom. The Balaban J connectivity index is 2.22. The van der Waals surface area contributed by atoms with Gasteiger partial charge in [0, 0.05) is 18.5 Å². The van der Waals surface area contributed by atoms with Gasteiger partial charge in [-0.3, -0.25) is 9.59 Å². The zero-order valence-corrected chi connectivity index (χ0v) is 10.3. The predicted molar refractivity (Wildman–Crippen MR) is 63.5 cm³/mol. The summed E-state index contributed by atoms with van der Waals surface area (Å²) in [4.78, 5) is 28.1. The third-order valence-corrected chi connectivity index (χ3v) is 3.61. The molecule has 1 fully saturated rings. The first-order valence-corrected chi connectivity index (χ1v) is 6.21. The molecule has 1 aromatic rings. The highest BCUT2D eigenvalue weighted by molar-refractivity contribution is 7.14. The molecule has 0 aliphatic carbocycles. The number of amides is 1. The molecule has 1 aromatic heterocycles. The zero-order valence-electron chi connectivity index (χ0n) is 8.72. The van der Waals surface area contributed by atoms with Crippen LogP contribution in [0.3, 0.4) is 0 Å². The van der Waals surface area contributed by atoms with Crippen LogP contribution in [0, 0.1) is 0 Å². The lowest BCUT2D eigenvalue weighted by molar-refractivity contribution is -0.139. The number of hydrogen-bond donors (Lipinski definition) is 2. The number of carbonyl (C=O) groups is 2. The first-order valence-electron chi connectivity index (χ1n) is 4.95. The second kappa shape index (κ2) is 4.89. The topological polar surface area (TPSA) is 82.5 Å². The van der Waals surface area contributed by atoms with Crippen molar-refractivity contribution in [2.24, 2.45) is 0 Å². The molecule has 8 heteroatoms. The average molecular weight is 276 g/mol. The molecule has 2 rings (SSSR count). The van der Waals surface area contributed by atoms with Crippen molar-refractivity contribution in [1.82, 2.24) is 10.3 Å². The van der Waals surface area contributed by atoms with E-state index in [1.807, 2.05) is 0 Å². The normalized spacial score (nSPS) is 20.2. The van der Waals surface area contributed by atoms with Gasteiger partial charge in [-0.25, -0.2) is 4.98 Å². The number of nitrogens with one attached hydrogen (secondary N) is 1. The Bertz CT molecular complexity index is 450. The Hall–Kier alpha value is -1.34. The van der Waals surface area contributed by atoms with Crippen molar-refractivity contribution in [3.63, 3.8) is 0 Å². The van der Waals surface area contributed by atoms with Gasteiger partial charge < -0.3 is 15.3 Å². The number of hydrogen-bond acceptors (Lipinski definition) is 5. The fourth-order valence-corrected chi connectivity index (χ4v) is 2.71. The minimum absolute atomic E-state index is 0.247. The van der Waals surface area contributed by atoms with Crippen molar-refractivity contribution in [1.29, 1.82) is 0 Å². The molecular formula is C9H10ClN3O3S. The second-order valence-corrected chi connectivity index (χ2v) is 4.77. The van der Waals surface area contributed by atoms with Crippen molar-refractivity contribution in [2.45, 2.75) is 12.5 Å². The lowest BCUT2D eigenvalue weighted by Crippen LogP contribution is -2.56. The molecule has 0 spiro atoms. The van der Waals surface area contributed by atoms with Gasteiger partial charge in [-0.15, -0.1) is 11.3 Å². The third kappa shape index (κ3) is 2.67.